The van der Waals surface area contributed by atoms with Crippen molar-refractivity contribution in [3.63, 3.8) is 0 Å². The van der Waals surface area contributed by atoms with Gasteiger partial charge in [0, 0.05) is 24.2 Å². The second kappa shape index (κ2) is 11.5. The summed E-state index contributed by atoms with van der Waals surface area (Å²) in [4.78, 5) is 32.5. The zero-order chi connectivity index (χ0) is 24.9. The van der Waals surface area contributed by atoms with Gasteiger partial charge in [0.25, 0.3) is 5.56 Å². The van der Waals surface area contributed by atoms with Gasteiger partial charge in [-0.25, -0.2) is 4.98 Å². The van der Waals surface area contributed by atoms with Gasteiger partial charge >= 0.3 is 0 Å². The Hall–Kier alpha value is -2.45. The molecule has 192 valence electrons. The third-order valence-electron chi connectivity index (χ3n) is 8.03. The Morgan fingerprint density at radius 2 is 1.83 bits per heavy atom. The fourth-order valence-electron chi connectivity index (χ4n) is 6.28. The van der Waals surface area contributed by atoms with Crippen molar-refractivity contribution < 1.29 is 9.90 Å². The van der Waals surface area contributed by atoms with Gasteiger partial charge < -0.3 is 20.7 Å². The molecule has 1 aromatic carbocycles. The molecule has 1 saturated heterocycles. The van der Waals surface area contributed by atoms with E-state index in [-0.39, 0.29) is 17.4 Å². The second-order valence-corrected chi connectivity index (χ2v) is 10.5. The van der Waals surface area contributed by atoms with E-state index in [9.17, 15) is 14.7 Å². The molecule has 4 rings (SSSR count). The first kappa shape index (κ1) is 25.6. The molecule has 2 heterocycles. The Labute approximate surface area is 207 Å². The van der Waals surface area contributed by atoms with Gasteiger partial charge in [0.2, 0.25) is 5.91 Å². The maximum absolute atomic E-state index is 13.6. The van der Waals surface area contributed by atoms with Crippen LogP contribution in [0, 0.1) is 0 Å². The highest BCUT2D eigenvalue weighted by molar-refractivity contribution is 5.83. The quantitative estimate of drug-likeness (QED) is 0.529. The minimum atomic E-state index is -1.06. The molecular weight excluding hydrogens is 442 g/mol. The number of anilines is 1. The molecule has 2 aliphatic rings. The molecule has 1 aliphatic carbocycles. The lowest BCUT2D eigenvalue weighted by atomic mass is 9.94. The summed E-state index contributed by atoms with van der Waals surface area (Å²) in [5.41, 5.74) is 6.53. The molecule has 4 atom stereocenters. The first-order valence-corrected chi connectivity index (χ1v) is 13.4. The molecule has 1 amide bonds. The van der Waals surface area contributed by atoms with Crippen molar-refractivity contribution in [1.82, 2.24) is 14.5 Å². The van der Waals surface area contributed by atoms with Crippen LogP contribution in [-0.2, 0) is 4.79 Å². The van der Waals surface area contributed by atoms with E-state index in [0.717, 1.165) is 18.4 Å². The molecule has 35 heavy (non-hydrogen) atoms. The maximum atomic E-state index is 13.6. The largest absolute Gasteiger partial charge is 0.394 e. The van der Waals surface area contributed by atoms with Crippen molar-refractivity contribution in [1.29, 1.82) is 0 Å². The third kappa shape index (κ3) is 5.70. The van der Waals surface area contributed by atoms with Gasteiger partial charge in [0.1, 0.15) is 6.04 Å². The number of hydrogen-bond acceptors (Lipinski definition) is 6. The number of nitrogens with zero attached hydrogens (tertiary/aromatic N) is 3. The summed E-state index contributed by atoms with van der Waals surface area (Å²) >= 11 is 0. The SMILES string of the molecule is CC1CC[C@@H](C[C@@H](C)n2c(=O)c(N[C@@H](CO)C(N)=O)nc3ccccc32)N1C1CCCCCCC1. The predicted octanol–water partition coefficient (Wildman–Crippen LogP) is 3.57. The van der Waals surface area contributed by atoms with Crippen molar-refractivity contribution in [3.8, 4) is 0 Å². The van der Waals surface area contributed by atoms with E-state index in [1.54, 1.807) is 4.57 Å². The number of likely N-dealkylation sites (tertiary alicyclic amines) is 1. The summed E-state index contributed by atoms with van der Waals surface area (Å²) in [7, 11) is 0. The number of primary amides is 1. The Kier molecular flexibility index (Phi) is 8.44. The van der Waals surface area contributed by atoms with Crippen LogP contribution in [0.15, 0.2) is 29.1 Å². The van der Waals surface area contributed by atoms with E-state index in [4.69, 9.17) is 5.73 Å². The number of aliphatic hydroxyl groups excluding tert-OH is 1. The molecule has 0 spiro atoms. The lowest BCUT2D eigenvalue weighted by molar-refractivity contribution is -0.119. The fourth-order valence-corrected chi connectivity index (χ4v) is 6.28. The fraction of sp³-hybridized carbons (Fsp3) is 0.667. The topological polar surface area (TPSA) is 113 Å². The minimum Gasteiger partial charge on any atom is -0.394 e. The highest BCUT2D eigenvalue weighted by Crippen LogP contribution is 2.35. The zero-order valence-electron chi connectivity index (χ0n) is 21.2. The molecule has 2 fully saturated rings. The van der Waals surface area contributed by atoms with E-state index in [0.29, 0.717) is 23.6 Å². The summed E-state index contributed by atoms with van der Waals surface area (Å²) in [6.45, 7) is 3.96. The molecule has 0 radical (unpaired) electrons. The number of para-hydroxylation sites is 2. The number of nitrogens with two attached hydrogens (primary N) is 1. The zero-order valence-corrected chi connectivity index (χ0v) is 21.2. The normalized spacial score (nSPS) is 24.1. The number of nitrogens with one attached hydrogen (secondary N) is 1. The molecule has 1 aliphatic heterocycles. The standard InChI is InChI=1S/C27H41N5O3/c1-18-14-15-21(31(18)20-10-6-4-3-5-7-11-20)16-19(2)32-24-13-9-8-12-22(24)29-26(27(32)35)30-23(17-33)25(28)34/h8-9,12-13,18-21,23,33H,3-7,10-11,14-17H2,1-2H3,(H2,28,34)(H,29,30)/t18?,19-,21+,23+/m1/s1. The van der Waals surface area contributed by atoms with E-state index < -0.39 is 18.6 Å². The number of amides is 1. The van der Waals surface area contributed by atoms with E-state index in [2.05, 4.69) is 29.0 Å². The van der Waals surface area contributed by atoms with Gasteiger partial charge in [-0.15, -0.1) is 0 Å². The van der Waals surface area contributed by atoms with Gasteiger partial charge in [-0.05, 0) is 58.1 Å². The van der Waals surface area contributed by atoms with Gasteiger partial charge in [-0.1, -0.05) is 44.2 Å². The lowest BCUT2D eigenvalue weighted by Crippen LogP contribution is -2.45. The number of hydrogen-bond donors (Lipinski definition) is 3. The summed E-state index contributed by atoms with van der Waals surface area (Å²) in [6.07, 6.45) is 12.5. The summed E-state index contributed by atoms with van der Waals surface area (Å²) in [5.74, 6) is -0.679. The highest BCUT2D eigenvalue weighted by atomic mass is 16.3. The number of benzene rings is 1. The Morgan fingerprint density at radius 1 is 1.14 bits per heavy atom. The van der Waals surface area contributed by atoms with Crippen LogP contribution < -0.4 is 16.6 Å². The Balaban J connectivity index is 1.63. The number of rotatable bonds is 8. The van der Waals surface area contributed by atoms with Crippen molar-refractivity contribution in [2.45, 2.75) is 108 Å². The Bertz CT molecular complexity index is 1060. The van der Waals surface area contributed by atoms with Crippen molar-refractivity contribution in [2.75, 3.05) is 11.9 Å². The molecule has 2 aromatic rings. The summed E-state index contributed by atoms with van der Waals surface area (Å²) in [5, 5.41) is 12.3. The molecule has 8 nitrogen and oxygen atoms in total. The highest BCUT2D eigenvalue weighted by Gasteiger charge is 2.36. The number of aromatic nitrogens is 2. The molecule has 8 heteroatoms. The second-order valence-electron chi connectivity index (χ2n) is 10.5. The number of aliphatic hydroxyl groups is 1. The first-order valence-electron chi connectivity index (χ1n) is 13.4. The van der Waals surface area contributed by atoms with E-state index >= 15 is 0 Å². The molecule has 0 bridgehead atoms. The minimum absolute atomic E-state index is 0.0464. The van der Waals surface area contributed by atoms with E-state index in [1.807, 2.05) is 24.3 Å². The van der Waals surface area contributed by atoms with Gasteiger partial charge in [-0.3, -0.25) is 14.5 Å². The third-order valence-corrected chi connectivity index (χ3v) is 8.03. The molecule has 1 unspecified atom stereocenters. The van der Waals surface area contributed by atoms with Crippen LogP contribution in [0.4, 0.5) is 5.82 Å². The summed E-state index contributed by atoms with van der Waals surface area (Å²) in [6, 6.07) is 8.11. The monoisotopic (exact) mass is 483 g/mol. The van der Waals surface area contributed by atoms with Crippen LogP contribution in [-0.4, -0.2) is 56.2 Å². The molecular formula is C27H41N5O3. The number of carbonyl (C=O) groups excluding carboxylic acids is 1. The average molecular weight is 484 g/mol. The van der Waals surface area contributed by atoms with E-state index in [1.165, 1.54) is 51.4 Å². The van der Waals surface area contributed by atoms with Crippen LogP contribution in [0.25, 0.3) is 11.0 Å². The van der Waals surface area contributed by atoms with Crippen LogP contribution in [0.1, 0.15) is 84.1 Å². The smallest absolute Gasteiger partial charge is 0.294 e. The number of fused-ring (bicyclic) bond motifs is 1. The number of carbonyl (C=O) groups is 1. The van der Waals surface area contributed by atoms with Crippen LogP contribution in [0.3, 0.4) is 0 Å². The first-order chi connectivity index (χ1) is 16.9. The molecule has 1 aromatic heterocycles. The molecule has 4 N–H and O–H groups in total. The Morgan fingerprint density at radius 3 is 2.51 bits per heavy atom. The van der Waals surface area contributed by atoms with Gasteiger partial charge in [-0.2, -0.15) is 0 Å². The lowest BCUT2D eigenvalue weighted by Gasteiger charge is -2.38. The van der Waals surface area contributed by atoms with Crippen molar-refractivity contribution in [3.05, 3.63) is 34.6 Å². The predicted molar refractivity (Wildman–Crippen MR) is 139 cm³/mol. The van der Waals surface area contributed by atoms with Crippen LogP contribution >= 0.6 is 0 Å². The van der Waals surface area contributed by atoms with Crippen LogP contribution in [0.2, 0.25) is 0 Å². The van der Waals surface area contributed by atoms with Gasteiger partial charge in [0.15, 0.2) is 5.82 Å². The molecule has 1 saturated carbocycles. The van der Waals surface area contributed by atoms with Crippen molar-refractivity contribution in [2.24, 2.45) is 5.73 Å². The van der Waals surface area contributed by atoms with Crippen LogP contribution in [0.5, 0.6) is 0 Å². The average Bonchev–Trinajstić information content (AvgIpc) is 3.17. The maximum Gasteiger partial charge on any atom is 0.294 e. The summed E-state index contributed by atoms with van der Waals surface area (Å²) < 4.78 is 1.80. The van der Waals surface area contributed by atoms with Gasteiger partial charge in [0.05, 0.1) is 17.6 Å². The van der Waals surface area contributed by atoms with Crippen molar-refractivity contribution >= 4 is 22.8 Å².